The number of hydrogen-bond donors (Lipinski definition) is 0. The molecule has 32 heavy (non-hydrogen) atoms. The molecule has 0 atom stereocenters. The fourth-order valence-corrected chi connectivity index (χ4v) is 4.04. The van der Waals surface area contributed by atoms with Crippen molar-refractivity contribution in [2.75, 3.05) is 13.7 Å². The molecule has 1 aromatic heterocycles. The summed E-state index contributed by atoms with van der Waals surface area (Å²) in [7, 11) is 1.68. The molecular formula is C27H27BrN2O2. The summed E-state index contributed by atoms with van der Waals surface area (Å²) in [6.45, 7) is 3.52. The summed E-state index contributed by atoms with van der Waals surface area (Å²) in [6.07, 6.45) is 5.98. The number of hydrogen-bond acceptors (Lipinski definition) is 3. The number of fused-ring (bicyclic) bond motifs is 1. The van der Waals surface area contributed by atoms with Crippen molar-refractivity contribution in [1.82, 2.24) is 9.55 Å². The van der Waals surface area contributed by atoms with Crippen molar-refractivity contribution in [3.63, 3.8) is 0 Å². The summed E-state index contributed by atoms with van der Waals surface area (Å²) >= 11 is 3.52. The number of aryl methyl sites for hydroxylation is 1. The average molecular weight is 491 g/mol. The van der Waals surface area contributed by atoms with E-state index in [1.165, 1.54) is 0 Å². The second-order valence-electron chi connectivity index (χ2n) is 7.55. The van der Waals surface area contributed by atoms with Crippen LogP contribution in [0.4, 0.5) is 0 Å². The Bertz CT molecular complexity index is 1210. The van der Waals surface area contributed by atoms with Gasteiger partial charge < -0.3 is 14.0 Å². The highest BCUT2D eigenvalue weighted by Crippen LogP contribution is 2.29. The van der Waals surface area contributed by atoms with Crippen LogP contribution in [0.25, 0.3) is 28.5 Å². The molecule has 0 radical (unpaired) electrons. The van der Waals surface area contributed by atoms with Gasteiger partial charge in [-0.1, -0.05) is 58.4 Å². The molecule has 0 fully saturated rings. The van der Waals surface area contributed by atoms with E-state index < -0.39 is 0 Å². The van der Waals surface area contributed by atoms with Crippen LogP contribution < -0.4 is 9.47 Å². The fraction of sp³-hybridized carbons (Fsp3) is 0.222. The van der Waals surface area contributed by atoms with Crippen LogP contribution in [-0.2, 0) is 6.54 Å². The molecule has 0 amide bonds. The maximum absolute atomic E-state index is 6.02. The Morgan fingerprint density at radius 1 is 0.969 bits per heavy atom. The van der Waals surface area contributed by atoms with E-state index in [0.29, 0.717) is 6.61 Å². The van der Waals surface area contributed by atoms with E-state index >= 15 is 0 Å². The molecule has 0 aliphatic heterocycles. The van der Waals surface area contributed by atoms with Crippen LogP contribution in [0.1, 0.15) is 25.3 Å². The first kappa shape index (κ1) is 22.2. The van der Waals surface area contributed by atoms with Crippen LogP contribution in [-0.4, -0.2) is 23.3 Å². The second-order valence-corrected chi connectivity index (χ2v) is 8.46. The number of benzene rings is 3. The molecule has 0 bridgehead atoms. The van der Waals surface area contributed by atoms with Gasteiger partial charge in [0.25, 0.3) is 0 Å². The number of ether oxygens (including phenoxy) is 2. The Kier molecular flexibility index (Phi) is 7.28. The van der Waals surface area contributed by atoms with E-state index in [4.69, 9.17) is 14.5 Å². The van der Waals surface area contributed by atoms with E-state index in [2.05, 4.69) is 63.0 Å². The number of rotatable bonds is 9. The minimum absolute atomic E-state index is 0.638. The summed E-state index contributed by atoms with van der Waals surface area (Å²) in [6, 6.07) is 22.7. The smallest absolute Gasteiger partial charge is 0.161 e. The van der Waals surface area contributed by atoms with E-state index in [9.17, 15) is 0 Å². The first-order valence-electron chi connectivity index (χ1n) is 10.8. The predicted octanol–water partition coefficient (Wildman–Crippen LogP) is 7.37. The average Bonchev–Trinajstić information content (AvgIpc) is 3.18. The quantitative estimate of drug-likeness (QED) is 0.230. The number of halogens is 1. The summed E-state index contributed by atoms with van der Waals surface area (Å²) in [4.78, 5) is 4.90. The number of methoxy groups -OCH3 is 1. The van der Waals surface area contributed by atoms with Crippen molar-refractivity contribution in [2.45, 2.75) is 26.3 Å². The van der Waals surface area contributed by atoms with Gasteiger partial charge in [-0.25, -0.2) is 4.98 Å². The van der Waals surface area contributed by atoms with Gasteiger partial charge in [0.05, 0.1) is 24.8 Å². The zero-order chi connectivity index (χ0) is 22.3. The van der Waals surface area contributed by atoms with Gasteiger partial charge in [-0.15, -0.1) is 0 Å². The Hall–Kier alpha value is -3.05. The molecule has 0 N–H and O–H groups in total. The topological polar surface area (TPSA) is 36.3 Å². The van der Waals surface area contributed by atoms with Crippen LogP contribution in [0, 0.1) is 0 Å². The number of allylic oxidation sites excluding steroid dienone is 1. The lowest BCUT2D eigenvalue weighted by Crippen LogP contribution is -2.04. The van der Waals surface area contributed by atoms with Gasteiger partial charge in [0.1, 0.15) is 5.82 Å². The molecule has 1 heterocycles. The van der Waals surface area contributed by atoms with Gasteiger partial charge in [0.15, 0.2) is 11.5 Å². The van der Waals surface area contributed by atoms with Crippen LogP contribution >= 0.6 is 15.9 Å². The molecule has 0 aliphatic rings. The number of para-hydroxylation sites is 2. The van der Waals surface area contributed by atoms with E-state index in [1.807, 2.05) is 43.3 Å². The Balaban J connectivity index is 1.43. The SMILES string of the molecule is C/C=C/c1ccc(OCCCCn2c(-c3ccc(Br)cc3)nc3ccccc32)c(OC)c1. The molecule has 4 aromatic rings. The summed E-state index contributed by atoms with van der Waals surface area (Å²) in [5.74, 6) is 2.55. The van der Waals surface area contributed by atoms with Gasteiger partial charge >= 0.3 is 0 Å². The molecule has 5 heteroatoms. The zero-order valence-electron chi connectivity index (χ0n) is 18.4. The van der Waals surface area contributed by atoms with E-state index in [0.717, 1.165) is 63.3 Å². The minimum atomic E-state index is 0.638. The summed E-state index contributed by atoms with van der Waals surface area (Å²) < 4.78 is 14.9. The number of imidazole rings is 1. The van der Waals surface area contributed by atoms with Gasteiger partial charge in [-0.3, -0.25) is 0 Å². The minimum Gasteiger partial charge on any atom is -0.493 e. The maximum Gasteiger partial charge on any atom is 0.161 e. The van der Waals surface area contributed by atoms with Crippen molar-refractivity contribution in [1.29, 1.82) is 0 Å². The van der Waals surface area contributed by atoms with Crippen LogP contribution in [0.2, 0.25) is 0 Å². The third-order valence-electron chi connectivity index (χ3n) is 5.34. The lowest BCUT2D eigenvalue weighted by atomic mass is 10.2. The molecule has 0 spiro atoms. The summed E-state index contributed by atoms with van der Waals surface area (Å²) in [5.41, 5.74) is 4.40. The Labute approximate surface area is 197 Å². The Morgan fingerprint density at radius 2 is 1.78 bits per heavy atom. The first-order valence-corrected chi connectivity index (χ1v) is 11.6. The molecular weight excluding hydrogens is 464 g/mol. The molecule has 3 aromatic carbocycles. The van der Waals surface area contributed by atoms with Crippen LogP contribution in [0.3, 0.4) is 0 Å². The molecule has 164 valence electrons. The predicted molar refractivity (Wildman–Crippen MR) is 135 cm³/mol. The summed E-state index contributed by atoms with van der Waals surface area (Å²) in [5, 5.41) is 0. The molecule has 0 saturated heterocycles. The lowest BCUT2D eigenvalue weighted by Gasteiger charge is -2.12. The van der Waals surface area contributed by atoms with Gasteiger partial charge in [0.2, 0.25) is 0 Å². The number of aromatic nitrogens is 2. The molecule has 0 unspecified atom stereocenters. The third kappa shape index (κ3) is 5.05. The maximum atomic E-state index is 6.02. The van der Waals surface area contributed by atoms with E-state index in [1.54, 1.807) is 7.11 Å². The second kappa shape index (κ2) is 10.5. The molecule has 4 rings (SSSR count). The van der Waals surface area contributed by atoms with Crippen molar-refractivity contribution in [3.05, 3.63) is 82.8 Å². The third-order valence-corrected chi connectivity index (χ3v) is 5.87. The monoisotopic (exact) mass is 490 g/mol. The van der Waals surface area contributed by atoms with Gasteiger partial charge in [-0.2, -0.15) is 0 Å². The first-order chi connectivity index (χ1) is 15.7. The number of unbranched alkanes of at least 4 members (excludes halogenated alkanes) is 1. The van der Waals surface area contributed by atoms with Crippen molar-refractivity contribution < 1.29 is 9.47 Å². The zero-order valence-corrected chi connectivity index (χ0v) is 20.0. The highest BCUT2D eigenvalue weighted by molar-refractivity contribution is 9.10. The highest BCUT2D eigenvalue weighted by atomic mass is 79.9. The molecule has 0 saturated carbocycles. The van der Waals surface area contributed by atoms with Crippen molar-refractivity contribution >= 4 is 33.0 Å². The van der Waals surface area contributed by atoms with Gasteiger partial charge in [0, 0.05) is 16.6 Å². The highest BCUT2D eigenvalue weighted by Gasteiger charge is 2.12. The lowest BCUT2D eigenvalue weighted by molar-refractivity contribution is 0.284. The molecule has 0 aliphatic carbocycles. The van der Waals surface area contributed by atoms with Crippen LogP contribution in [0.15, 0.2) is 77.3 Å². The van der Waals surface area contributed by atoms with Crippen molar-refractivity contribution in [2.24, 2.45) is 0 Å². The normalized spacial score (nSPS) is 11.3. The molecule has 4 nitrogen and oxygen atoms in total. The van der Waals surface area contributed by atoms with Gasteiger partial charge in [-0.05, 0) is 61.7 Å². The van der Waals surface area contributed by atoms with Crippen molar-refractivity contribution in [3.8, 4) is 22.9 Å². The number of nitrogens with zero attached hydrogens (tertiary/aromatic N) is 2. The fourth-order valence-electron chi connectivity index (χ4n) is 3.77. The standard InChI is InChI=1S/C27H27BrN2O2/c1-3-8-20-11-16-25(26(19-20)31-2)32-18-7-6-17-30-24-10-5-4-9-23(24)29-27(30)21-12-14-22(28)15-13-21/h3-5,8-16,19H,6-7,17-18H2,1-2H3/b8-3+. The largest absolute Gasteiger partial charge is 0.493 e. The Morgan fingerprint density at radius 3 is 2.56 bits per heavy atom. The van der Waals surface area contributed by atoms with Crippen LogP contribution in [0.5, 0.6) is 11.5 Å². The van der Waals surface area contributed by atoms with E-state index in [-0.39, 0.29) is 0 Å².